The minimum Gasteiger partial charge on any atom is -0.466 e. The van der Waals surface area contributed by atoms with Gasteiger partial charge in [-0.15, -0.1) is 0 Å². The third-order valence-electron chi connectivity index (χ3n) is 3.47. The summed E-state index contributed by atoms with van der Waals surface area (Å²) in [5.41, 5.74) is 1.36. The van der Waals surface area contributed by atoms with Crippen molar-refractivity contribution in [3.05, 3.63) is 58.5 Å². The molecule has 2 atom stereocenters. The maximum absolute atomic E-state index is 13.7. The first-order valence-electron chi connectivity index (χ1n) is 6.66. The average Bonchev–Trinajstić information content (AvgIpc) is 2.71. The number of rotatable bonds is 4. The molecule has 4 heteroatoms. The van der Waals surface area contributed by atoms with Gasteiger partial charge < -0.3 is 9.73 Å². The fraction of sp³-hybridized carbons (Fsp3) is 0.375. The Bertz CT molecular complexity index is 607. The van der Waals surface area contributed by atoms with Crippen LogP contribution in [0.15, 0.2) is 28.7 Å². The molecule has 0 spiro atoms. The molecule has 0 aliphatic carbocycles. The molecule has 2 unspecified atom stereocenters. The molecule has 20 heavy (non-hydrogen) atoms. The van der Waals surface area contributed by atoms with E-state index in [0.717, 1.165) is 29.2 Å². The normalized spacial score (nSPS) is 14.3. The fourth-order valence-electron chi connectivity index (χ4n) is 2.48. The highest BCUT2D eigenvalue weighted by Gasteiger charge is 2.18. The van der Waals surface area contributed by atoms with Gasteiger partial charge in [0.1, 0.15) is 23.2 Å². The Balaban J connectivity index is 2.17. The number of benzene rings is 1. The first-order chi connectivity index (χ1) is 9.38. The predicted molar refractivity (Wildman–Crippen MR) is 74.5 cm³/mol. The molecule has 2 nitrogen and oxygen atoms in total. The maximum Gasteiger partial charge on any atom is 0.128 e. The van der Waals surface area contributed by atoms with Crippen LogP contribution in [0.25, 0.3) is 0 Å². The van der Waals surface area contributed by atoms with Gasteiger partial charge in [0.15, 0.2) is 0 Å². The van der Waals surface area contributed by atoms with Crippen LogP contribution in [0.2, 0.25) is 0 Å². The summed E-state index contributed by atoms with van der Waals surface area (Å²) in [5.74, 6) is 0.849. The zero-order valence-electron chi connectivity index (χ0n) is 12.1. The Kier molecular flexibility index (Phi) is 4.23. The summed E-state index contributed by atoms with van der Waals surface area (Å²) < 4.78 is 32.4. The summed E-state index contributed by atoms with van der Waals surface area (Å²) in [7, 11) is 0. The van der Waals surface area contributed by atoms with Gasteiger partial charge in [0.25, 0.3) is 0 Å². The molecule has 0 aliphatic heterocycles. The lowest BCUT2D eigenvalue weighted by Gasteiger charge is -2.20. The Labute approximate surface area is 117 Å². The van der Waals surface area contributed by atoms with Crippen molar-refractivity contribution in [1.82, 2.24) is 5.32 Å². The van der Waals surface area contributed by atoms with Gasteiger partial charge in [-0.05, 0) is 52.0 Å². The highest BCUT2D eigenvalue weighted by molar-refractivity contribution is 5.26. The van der Waals surface area contributed by atoms with E-state index >= 15 is 0 Å². The average molecular weight is 279 g/mol. The predicted octanol–water partition coefficient (Wildman–Crippen LogP) is 4.59. The second kappa shape index (κ2) is 5.75. The Morgan fingerprint density at radius 3 is 2.25 bits per heavy atom. The van der Waals surface area contributed by atoms with Crippen molar-refractivity contribution in [2.24, 2.45) is 0 Å². The van der Waals surface area contributed by atoms with Crippen molar-refractivity contribution < 1.29 is 13.2 Å². The highest BCUT2D eigenvalue weighted by Crippen LogP contribution is 2.25. The molecule has 0 bridgehead atoms. The van der Waals surface area contributed by atoms with Crippen molar-refractivity contribution in [3.8, 4) is 0 Å². The zero-order valence-corrected chi connectivity index (χ0v) is 12.1. The van der Waals surface area contributed by atoms with E-state index in [-0.39, 0.29) is 12.1 Å². The second-order valence-corrected chi connectivity index (χ2v) is 5.14. The van der Waals surface area contributed by atoms with Crippen LogP contribution in [-0.2, 0) is 0 Å². The number of hydrogen-bond donors (Lipinski definition) is 1. The summed E-state index contributed by atoms with van der Waals surface area (Å²) in [5, 5.41) is 3.27. The molecule has 1 aromatic heterocycles. The van der Waals surface area contributed by atoms with E-state index in [1.54, 1.807) is 0 Å². The van der Waals surface area contributed by atoms with Crippen LogP contribution in [-0.4, -0.2) is 0 Å². The van der Waals surface area contributed by atoms with E-state index < -0.39 is 11.6 Å². The molecule has 0 saturated carbocycles. The van der Waals surface area contributed by atoms with Crippen LogP contribution in [0.4, 0.5) is 8.78 Å². The van der Waals surface area contributed by atoms with Crippen LogP contribution in [0, 0.1) is 25.5 Å². The van der Waals surface area contributed by atoms with Crippen LogP contribution < -0.4 is 5.32 Å². The summed E-state index contributed by atoms with van der Waals surface area (Å²) in [6.45, 7) is 7.58. The standard InChI is InChI=1S/C16H19F2NO/c1-9-7-14(12(4)20-9)10(2)19-11(3)15-8-13(17)5-6-16(15)18/h5-8,10-11,19H,1-4H3. The molecule has 2 aromatic rings. The molecule has 0 radical (unpaired) electrons. The number of furan rings is 1. The van der Waals surface area contributed by atoms with E-state index in [0.29, 0.717) is 5.56 Å². The SMILES string of the molecule is Cc1cc(C(C)NC(C)c2cc(F)ccc2F)c(C)o1. The molecule has 108 valence electrons. The van der Waals surface area contributed by atoms with Crippen LogP contribution in [0.3, 0.4) is 0 Å². The third-order valence-corrected chi connectivity index (χ3v) is 3.47. The van der Waals surface area contributed by atoms with E-state index in [4.69, 9.17) is 4.42 Å². The first kappa shape index (κ1) is 14.7. The number of nitrogens with one attached hydrogen (secondary N) is 1. The number of halogens is 2. The summed E-state index contributed by atoms with van der Waals surface area (Å²) in [6, 6.07) is 5.16. The van der Waals surface area contributed by atoms with Gasteiger partial charge in [0.05, 0.1) is 0 Å². The summed E-state index contributed by atoms with van der Waals surface area (Å²) in [4.78, 5) is 0. The monoisotopic (exact) mass is 279 g/mol. The largest absolute Gasteiger partial charge is 0.466 e. The number of hydrogen-bond acceptors (Lipinski definition) is 2. The van der Waals surface area contributed by atoms with Crippen LogP contribution in [0.1, 0.15) is 48.6 Å². The molecule has 1 heterocycles. The molecular weight excluding hydrogens is 260 g/mol. The van der Waals surface area contributed by atoms with Crippen molar-refractivity contribution in [1.29, 1.82) is 0 Å². The number of aryl methyl sites for hydroxylation is 2. The highest BCUT2D eigenvalue weighted by atomic mass is 19.1. The van der Waals surface area contributed by atoms with Gasteiger partial charge in [-0.2, -0.15) is 0 Å². The lowest BCUT2D eigenvalue weighted by Crippen LogP contribution is -2.23. The maximum atomic E-state index is 13.7. The van der Waals surface area contributed by atoms with E-state index in [2.05, 4.69) is 5.32 Å². The van der Waals surface area contributed by atoms with Crippen molar-refractivity contribution in [2.75, 3.05) is 0 Å². The minimum atomic E-state index is -0.432. The topological polar surface area (TPSA) is 25.2 Å². The lowest BCUT2D eigenvalue weighted by atomic mass is 10.0. The van der Waals surface area contributed by atoms with Gasteiger partial charge in [0, 0.05) is 23.2 Å². The van der Waals surface area contributed by atoms with Crippen molar-refractivity contribution in [2.45, 2.75) is 39.8 Å². The van der Waals surface area contributed by atoms with Gasteiger partial charge in [-0.1, -0.05) is 0 Å². The molecule has 1 aromatic carbocycles. The van der Waals surface area contributed by atoms with Crippen molar-refractivity contribution in [3.63, 3.8) is 0 Å². The Morgan fingerprint density at radius 2 is 1.65 bits per heavy atom. The molecule has 0 aliphatic rings. The van der Waals surface area contributed by atoms with E-state index in [9.17, 15) is 8.78 Å². The van der Waals surface area contributed by atoms with Gasteiger partial charge >= 0.3 is 0 Å². The Morgan fingerprint density at radius 1 is 1.00 bits per heavy atom. The lowest BCUT2D eigenvalue weighted by molar-refractivity contribution is 0.455. The fourth-order valence-corrected chi connectivity index (χ4v) is 2.48. The van der Waals surface area contributed by atoms with Gasteiger partial charge in [-0.25, -0.2) is 8.78 Å². The minimum absolute atomic E-state index is 0.00915. The third kappa shape index (κ3) is 3.07. The molecular formula is C16H19F2NO. The summed E-state index contributed by atoms with van der Waals surface area (Å²) >= 11 is 0. The zero-order chi connectivity index (χ0) is 14.9. The van der Waals surface area contributed by atoms with E-state index in [1.165, 1.54) is 6.07 Å². The van der Waals surface area contributed by atoms with Crippen molar-refractivity contribution >= 4 is 0 Å². The van der Waals surface area contributed by atoms with Crippen LogP contribution in [0.5, 0.6) is 0 Å². The molecule has 0 saturated heterocycles. The van der Waals surface area contributed by atoms with Crippen LogP contribution >= 0.6 is 0 Å². The quantitative estimate of drug-likeness (QED) is 0.885. The molecule has 2 rings (SSSR count). The smallest absolute Gasteiger partial charge is 0.128 e. The Hall–Kier alpha value is -1.68. The van der Waals surface area contributed by atoms with Gasteiger partial charge in [-0.3, -0.25) is 0 Å². The van der Waals surface area contributed by atoms with Gasteiger partial charge in [0.2, 0.25) is 0 Å². The molecule has 0 fully saturated rings. The second-order valence-electron chi connectivity index (χ2n) is 5.14. The molecule has 0 amide bonds. The molecule has 1 N–H and O–H groups in total. The van der Waals surface area contributed by atoms with E-state index in [1.807, 2.05) is 33.8 Å². The first-order valence-corrected chi connectivity index (χ1v) is 6.66. The summed E-state index contributed by atoms with van der Waals surface area (Å²) in [6.07, 6.45) is 0.